The highest BCUT2D eigenvalue weighted by Crippen LogP contribution is 2.28. The van der Waals surface area contributed by atoms with E-state index in [1.54, 1.807) is 31.0 Å². The molecule has 114 valence electrons. The van der Waals surface area contributed by atoms with E-state index in [0.717, 1.165) is 5.56 Å². The van der Waals surface area contributed by atoms with Crippen LogP contribution in [0.3, 0.4) is 0 Å². The second-order valence-electron chi connectivity index (χ2n) is 5.42. The van der Waals surface area contributed by atoms with E-state index in [2.05, 4.69) is 10.3 Å². The van der Waals surface area contributed by atoms with Crippen molar-refractivity contribution in [1.29, 1.82) is 0 Å². The van der Waals surface area contributed by atoms with Gasteiger partial charge < -0.3 is 15.0 Å². The van der Waals surface area contributed by atoms with Crippen molar-refractivity contribution in [2.45, 2.75) is 45.3 Å². The molecule has 1 aliphatic heterocycles. The fourth-order valence-corrected chi connectivity index (χ4v) is 2.52. The molecule has 0 aliphatic carbocycles. The quantitative estimate of drug-likeness (QED) is 0.902. The Hall–Kier alpha value is -2.11. The Morgan fingerprint density at radius 2 is 2.19 bits per heavy atom. The van der Waals surface area contributed by atoms with Gasteiger partial charge in [-0.2, -0.15) is 0 Å². The Morgan fingerprint density at radius 3 is 2.81 bits per heavy atom. The highest BCUT2D eigenvalue weighted by atomic mass is 16.5. The number of ether oxygens (including phenoxy) is 1. The Morgan fingerprint density at radius 1 is 1.48 bits per heavy atom. The number of nitrogens with zero attached hydrogens (tertiary/aromatic N) is 2. The maximum Gasteiger partial charge on any atom is 0.246 e. The largest absolute Gasteiger partial charge is 0.481 e. The van der Waals surface area contributed by atoms with Gasteiger partial charge in [-0.1, -0.05) is 13.0 Å². The average molecular weight is 291 g/mol. The van der Waals surface area contributed by atoms with Gasteiger partial charge in [-0.25, -0.2) is 4.98 Å². The molecular weight excluding hydrogens is 270 g/mol. The van der Waals surface area contributed by atoms with Gasteiger partial charge in [0.25, 0.3) is 0 Å². The Balaban J connectivity index is 2.38. The maximum absolute atomic E-state index is 12.5. The number of hydrogen-bond acceptors (Lipinski definition) is 4. The molecule has 0 spiro atoms. The van der Waals surface area contributed by atoms with Crippen LogP contribution in [-0.2, 0) is 16.1 Å². The van der Waals surface area contributed by atoms with Gasteiger partial charge in [0.15, 0.2) is 0 Å². The minimum absolute atomic E-state index is 0.0927. The fourth-order valence-electron chi connectivity index (χ4n) is 2.52. The first-order valence-electron chi connectivity index (χ1n) is 7.04. The van der Waals surface area contributed by atoms with E-state index in [1.165, 1.54) is 7.11 Å². The number of carbonyl (C=O) groups excluding carboxylic acids is 2. The normalized spacial score (nSPS) is 25.7. The second-order valence-corrected chi connectivity index (χ2v) is 5.42. The number of methoxy groups -OCH3 is 1. The molecule has 21 heavy (non-hydrogen) atoms. The Labute approximate surface area is 124 Å². The molecule has 1 N–H and O–H groups in total. The van der Waals surface area contributed by atoms with Crippen molar-refractivity contribution >= 4 is 11.8 Å². The molecule has 1 aliphatic rings. The van der Waals surface area contributed by atoms with E-state index in [9.17, 15) is 9.59 Å². The molecule has 6 nitrogen and oxygen atoms in total. The van der Waals surface area contributed by atoms with E-state index in [4.69, 9.17) is 4.74 Å². The van der Waals surface area contributed by atoms with Crippen LogP contribution in [0.15, 0.2) is 18.3 Å². The molecule has 0 bridgehead atoms. The lowest BCUT2D eigenvalue weighted by Crippen LogP contribution is -2.68. The van der Waals surface area contributed by atoms with Crippen molar-refractivity contribution in [3.63, 3.8) is 0 Å². The number of piperazine rings is 1. The third-order valence-electron chi connectivity index (χ3n) is 4.13. The van der Waals surface area contributed by atoms with Crippen molar-refractivity contribution in [1.82, 2.24) is 15.2 Å². The third kappa shape index (κ3) is 2.57. The van der Waals surface area contributed by atoms with Crippen LogP contribution in [0.25, 0.3) is 0 Å². The number of nitrogens with one attached hydrogen (secondary N) is 1. The van der Waals surface area contributed by atoms with Gasteiger partial charge in [0.05, 0.1) is 13.7 Å². The molecule has 2 rings (SSSR count). The maximum atomic E-state index is 12.5. The Bertz CT molecular complexity index is 561. The summed E-state index contributed by atoms with van der Waals surface area (Å²) in [4.78, 5) is 30.6. The summed E-state index contributed by atoms with van der Waals surface area (Å²) in [5.74, 6) is 0.257. The standard InChI is InChI=1S/C15H21N3O3/c1-5-15(3)14(20)17-10(2)13(19)18(15)9-11-7-6-8-16-12(11)21-4/h6-8,10H,5,9H2,1-4H3,(H,17,20). The van der Waals surface area contributed by atoms with Crippen molar-refractivity contribution in [2.75, 3.05) is 7.11 Å². The zero-order chi connectivity index (χ0) is 15.6. The first-order valence-corrected chi connectivity index (χ1v) is 7.04. The molecule has 2 amide bonds. The van der Waals surface area contributed by atoms with Gasteiger partial charge in [-0.3, -0.25) is 9.59 Å². The summed E-state index contributed by atoms with van der Waals surface area (Å²) in [6.45, 7) is 5.69. The minimum Gasteiger partial charge on any atom is -0.481 e. The molecular formula is C15H21N3O3. The molecule has 0 aromatic carbocycles. The summed E-state index contributed by atoms with van der Waals surface area (Å²) in [7, 11) is 1.54. The van der Waals surface area contributed by atoms with Gasteiger partial charge in [-0.15, -0.1) is 0 Å². The molecule has 2 unspecified atom stereocenters. The summed E-state index contributed by atoms with van der Waals surface area (Å²) >= 11 is 0. The summed E-state index contributed by atoms with van der Waals surface area (Å²) in [5, 5.41) is 2.74. The van der Waals surface area contributed by atoms with Crippen LogP contribution in [0.1, 0.15) is 32.8 Å². The number of aromatic nitrogens is 1. The monoisotopic (exact) mass is 291 g/mol. The van der Waals surface area contributed by atoms with Crippen molar-refractivity contribution in [3.8, 4) is 5.88 Å². The zero-order valence-electron chi connectivity index (χ0n) is 12.8. The van der Waals surface area contributed by atoms with Gasteiger partial charge in [0.2, 0.25) is 17.7 Å². The van der Waals surface area contributed by atoms with E-state index in [-0.39, 0.29) is 11.8 Å². The van der Waals surface area contributed by atoms with Crippen LogP contribution >= 0.6 is 0 Å². The second kappa shape index (κ2) is 5.71. The molecule has 1 aromatic heterocycles. The van der Waals surface area contributed by atoms with Crippen molar-refractivity contribution < 1.29 is 14.3 Å². The zero-order valence-corrected chi connectivity index (χ0v) is 12.8. The van der Waals surface area contributed by atoms with E-state index >= 15 is 0 Å². The molecule has 1 saturated heterocycles. The lowest BCUT2D eigenvalue weighted by Gasteiger charge is -2.45. The van der Waals surface area contributed by atoms with Crippen LogP contribution in [0.4, 0.5) is 0 Å². The number of rotatable bonds is 4. The number of hydrogen-bond donors (Lipinski definition) is 1. The van der Waals surface area contributed by atoms with Gasteiger partial charge >= 0.3 is 0 Å². The van der Waals surface area contributed by atoms with E-state index in [0.29, 0.717) is 18.8 Å². The highest BCUT2D eigenvalue weighted by molar-refractivity contribution is 5.99. The minimum atomic E-state index is -0.857. The fraction of sp³-hybridized carbons (Fsp3) is 0.533. The average Bonchev–Trinajstić information content (AvgIpc) is 2.50. The third-order valence-corrected chi connectivity index (χ3v) is 4.13. The summed E-state index contributed by atoms with van der Waals surface area (Å²) in [6.07, 6.45) is 2.18. The lowest BCUT2D eigenvalue weighted by molar-refractivity contribution is -0.157. The highest BCUT2D eigenvalue weighted by Gasteiger charge is 2.47. The van der Waals surface area contributed by atoms with Gasteiger partial charge in [0.1, 0.15) is 11.6 Å². The first-order chi connectivity index (χ1) is 9.93. The molecule has 6 heteroatoms. The van der Waals surface area contributed by atoms with Crippen LogP contribution in [-0.4, -0.2) is 40.4 Å². The summed E-state index contributed by atoms with van der Waals surface area (Å²) < 4.78 is 5.23. The molecule has 0 saturated carbocycles. The van der Waals surface area contributed by atoms with Crippen LogP contribution in [0, 0.1) is 0 Å². The molecule has 2 atom stereocenters. The van der Waals surface area contributed by atoms with Crippen molar-refractivity contribution in [2.24, 2.45) is 0 Å². The van der Waals surface area contributed by atoms with Crippen LogP contribution in [0.5, 0.6) is 5.88 Å². The van der Waals surface area contributed by atoms with Crippen LogP contribution < -0.4 is 10.1 Å². The Kier molecular flexibility index (Phi) is 4.16. The molecule has 0 radical (unpaired) electrons. The first kappa shape index (κ1) is 15.3. The predicted octanol–water partition coefficient (Wildman–Crippen LogP) is 1.11. The SMILES string of the molecule is CCC1(C)C(=O)NC(C)C(=O)N1Cc1cccnc1OC. The topological polar surface area (TPSA) is 71.5 Å². The number of carbonyl (C=O) groups is 2. The summed E-state index contributed by atoms with van der Waals surface area (Å²) in [6, 6.07) is 3.13. The molecule has 1 aromatic rings. The van der Waals surface area contributed by atoms with E-state index < -0.39 is 11.6 Å². The van der Waals surface area contributed by atoms with Gasteiger partial charge in [-0.05, 0) is 26.3 Å². The predicted molar refractivity (Wildman–Crippen MR) is 77.6 cm³/mol. The van der Waals surface area contributed by atoms with Crippen LogP contribution in [0.2, 0.25) is 0 Å². The van der Waals surface area contributed by atoms with E-state index in [1.807, 2.05) is 13.0 Å². The smallest absolute Gasteiger partial charge is 0.246 e. The van der Waals surface area contributed by atoms with Gasteiger partial charge in [0, 0.05) is 11.8 Å². The lowest BCUT2D eigenvalue weighted by atomic mass is 9.90. The number of amides is 2. The molecule has 1 fully saturated rings. The van der Waals surface area contributed by atoms with Crippen molar-refractivity contribution in [3.05, 3.63) is 23.9 Å². The summed E-state index contributed by atoms with van der Waals surface area (Å²) in [5.41, 5.74) is -0.0697. The molecule has 2 heterocycles. The number of pyridine rings is 1.